The lowest BCUT2D eigenvalue weighted by Gasteiger charge is -2.28. The second-order valence-corrected chi connectivity index (χ2v) is 7.30. The Morgan fingerprint density at radius 2 is 1.90 bits per heavy atom. The quantitative estimate of drug-likeness (QED) is 0.636. The molecule has 1 unspecified atom stereocenters. The van der Waals surface area contributed by atoms with E-state index in [0.717, 1.165) is 22.4 Å². The van der Waals surface area contributed by atoms with Gasteiger partial charge in [0.25, 0.3) is 0 Å². The highest BCUT2D eigenvalue weighted by atomic mass is 19.1. The van der Waals surface area contributed by atoms with Crippen LogP contribution in [0, 0.1) is 5.92 Å². The summed E-state index contributed by atoms with van der Waals surface area (Å²) in [4.78, 5) is 12.8. The van der Waals surface area contributed by atoms with Gasteiger partial charge in [-0.1, -0.05) is 0 Å². The molecule has 1 saturated carbocycles. The van der Waals surface area contributed by atoms with E-state index in [1.54, 1.807) is 6.20 Å². The third-order valence-corrected chi connectivity index (χ3v) is 5.38. The van der Waals surface area contributed by atoms with E-state index >= 15 is 0 Å². The van der Waals surface area contributed by atoms with Crippen molar-refractivity contribution < 1.29 is 18.6 Å². The van der Waals surface area contributed by atoms with E-state index in [-0.39, 0.29) is 18.1 Å². The van der Waals surface area contributed by atoms with Crippen molar-refractivity contribution in [2.45, 2.75) is 18.8 Å². The summed E-state index contributed by atoms with van der Waals surface area (Å²) < 4.78 is 31.5. The predicted octanol–water partition coefficient (Wildman–Crippen LogP) is 2.64. The monoisotopic (exact) mass is 412 g/mol. The van der Waals surface area contributed by atoms with Crippen molar-refractivity contribution in [2.75, 3.05) is 25.3 Å². The van der Waals surface area contributed by atoms with E-state index in [0.29, 0.717) is 29.6 Å². The van der Waals surface area contributed by atoms with Crippen LogP contribution in [0.2, 0.25) is 0 Å². The maximum absolute atomic E-state index is 13.1. The lowest BCUT2D eigenvalue weighted by Crippen LogP contribution is -2.30. The lowest BCUT2D eigenvalue weighted by molar-refractivity contribution is 0.106. The van der Waals surface area contributed by atoms with Crippen LogP contribution in [0.5, 0.6) is 11.8 Å². The summed E-state index contributed by atoms with van der Waals surface area (Å²) in [6, 6.07) is 3.89. The molecule has 0 amide bonds. The maximum atomic E-state index is 13.1. The van der Waals surface area contributed by atoms with Crippen LogP contribution in [-0.2, 0) is 11.8 Å². The molecular formula is C20H21FN6O3. The number of allylic oxidation sites excluding steroid dienone is 1. The zero-order valence-electron chi connectivity index (χ0n) is 16.7. The van der Waals surface area contributed by atoms with Gasteiger partial charge in [0, 0.05) is 18.5 Å². The van der Waals surface area contributed by atoms with Gasteiger partial charge in [-0.3, -0.25) is 0 Å². The van der Waals surface area contributed by atoms with Gasteiger partial charge < -0.3 is 29.8 Å². The van der Waals surface area contributed by atoms with Gasteiger partial charge in [0.2, 0.25) is 17.7 Å². The topological polar surface area (TPSA) is 109 Å². The fourth-order valence-electron chi connectivity index (χ4n) is 3.69. The summed E-state index contributed by atoms with van der Waals surface area (Å²) in [5.41, 5.74) is 8.05. The molecule has 5 rings (SSSR count). The molecule has 1 fully saturated rings. The van der Waals surface area contributed by atoms with Crippen molar-refractivity contribution in [3.63, 3.8) is 0 Å². The van der Waals surface area contributed by atoms with Crippen molar-refractivity contribution in [1.82, 2.24) is 19.5 Å². The van der Waals surface area contributed by atoms with Gasteiger partial charge in [-0.2, -0.15) is 9.97 Å². The Balaban J connectivity index is 1.47. The molecule has 4 heterocycles. The average molecular weight is 412 g/mol. The minimum Gasteiger partial charge on any atom is -0.480 e. The van der Waals surface area contributed by atoms with Gasteiger partial charge in [0.15, 0.2) is 6.23 Å². The number of alkyl halides is 1. The summed E-state index contributed by atoms with van der Waals surface area (Å²) in [7, 11) is 4.95. The van der Waals surface area contributed by atoms with Gasteiger partial charge in [0.05, 0.1) is 37.5 Å². The van der Waals surface area contributed by atoms with Gasteiger partial charge >= 0.3 is 0 Å². The third kappa shape index (κ3) is 2.95. The van der Waals surface area contributed by atoms with Crippen LogP contribution < -0.4 is 20.5 Å². The molecule has 156 valence electrons. The molecule has 10 heteroatoms. The van der Waals surface area contributed by atoms with Gasteiger partial charge in [0.1, 0.15) is 23.3 Å². The summed E-state index contributed by atoms with van der Waals surface area (Å²) in [5.74, 6) is 2.03. The van der Waals surface area contributed by atoms with Crippen LogP contribution in [-0.4, -0.2) is 46.1 Å². The second kappa shape index (κ2) is 6.75. The number of nitrogens with zero attached hydrogens (tertiary/aromatic N) is 4. The van der Waals surface area contributed by atoms with Crippen LogP contribution in [0.4, 0.5) is 16.2 Å². The Morgan fingerprint density at radius 3 is 2.50 bits per heavy atom. The molecular weight excluding hydrogens is 391 g/mol. The number of fused-ring (bicyclic) bond motifs is 1. The molecule has 2 aliphatic rings. The molecule has 1 aliphatic heterocycles. The van der Waals surface area contributed by atoms with E-state index in [1.807, 2.05) is 29.8 Å². The molecule has 3 aromatic rings. The fourth-order valence-corrected chi connectivity index (χ4v) is 3.69. The fraction of sp³-hybridized carbons (Fsp3) is 0.350. The first-order valence-electron chi connectivity index (χ1n) is 9.48. The number of methoxy groups -OCH3 is 2. The van der Waals surface area contributed by atoms with E-state index in [4.69, 9.17) is 19.9 Å². The molecule has 0 saturated heterocycles. The second-order valence-electron chi connectivity index (χ2n) is 7.30. The SMILES string of the molecule is COc1nc(N)nc(OC)c1-c1cc2cc(NC3C=C([C@@H]4C[C@@H]4F)O3)ncc2n1C. The number of nitrogen functional groups attached to an aromatic ring is 1. The highest BCUT2D eigenvalue weighted by Crippen LogP contribution is 2.44. The van der Waals surface area contributed by atoms with Crippen LogP contribution in [0.25, 0.3) is 22.2 Å². The van der Waals surface area contributed by atoms with E-state index < -0.39 is 6.17 Å². The highest BCUT2D eigenvalue weighted by Gasteiger charge is 2.45. The zero-order chi connectivity index (χ0) is 21.0. The van der Waals surface area contributed by atoms with Gasteiger partial charge in [-0.15, -0.1) is 0 Å². The molecule has 3 aromatic heterocycles. The Labute approximate surface area is 171 Å². The Kier molecular flexibility index (Phi) is 4.16. The van der Waals surface area contributed by atoms with E-state index in [2.05, 4.69) is 20.3 Å². The molecule has 3 atom stereocenters. The number of pyridine rings is 1. The lowest BCUT2D eigenvalue weighted by atomic mass is 10.2. The summed E-state index contributed by atoms with van der Waals surface area (Å²) in [6.07, 6.45) is 3.15. The molecule has 9 nitrogen and oxygen atoms in total. The molecule has 1 aliphatic carbocycles. The molecule has 0 spiro atoms. The highest BCUT2D eigenvalue weighted by molar-refractivity contribution is 5.90. The van der Waals surface area contributed by atoms with Crippen LogP contribution in [0.1, 0.15) is 6.42 Å². The van der Waals surface area contributed by atoms with Crippen LogP contribution in [0.15, 0.2) is 30.2 Å². The summed E-state index contributed by atoms with van der Waals surface area (Å²) >= 11 is 0. The first-order chi connectivity index (χ1) is 14.5. The number of ether oxygens (including phenoxy) is 3. The number of halogens is 1. The van der Waals surface area contributed by atoms with Crippen molar-refractivity contribution in [2.24, 2.45) is 13.0 Å². The zero-order valence-corrected chi connectivity index (χ0v) is 16.7. The number of anilines is 2. The molecule has 0 aromatic carbocycles. The number of nitrogens with one attached hydrogen (secondary N) is 1. The van der Waals surface area contributed by atoms with E-state index in [9.17, 15) is 4.39 Å². The standard InChI is InChI=1S/C20H21FN6O3/c1-27-12(17-18(28-2)25-20(22)26-19(17)29-3)4-9-5-15(23-8-13(9)27)24-16-7-14(30-16)10-6-11(10)21/h4-5,7-8,10-11,16H,6H2,1-3H3,(H,23,24)(H2,22,25,26)/t10-,11+,16?/m1/s1. The molecule has 0 bridgehead atoms. The number of nitrogens with two attached hydrogens (primary N) is 1. The summed E-state index contributed by atoms with van der Waals surface area (Å²) in [6.45, 7) is 0. The Morgan fingerprint density at radius 1 is 1.23 bits per heavy atom. The van der Waals surface area contributed by atoms with Crippen molar-refractivity contribution >= 4 is 22.7 Å². The maximum Gasteiger partial charge on any atom is 0.231 e. The first-order valence-corrected chi connectivity index (χ1v) is 9.48. The first kappa shape index (κ1) is 18.5. The number of aromatic nitrogens is 4. The number of hydrogen-bond donors (Lipinski definition) is 2. The smallest absolute Gasteiger partial charge is 0.231 e. The van der Waals surface area contributed by atoms with Crippen LogP contribution >= 0.6 is 0 Å². The van der Waals surface area contributed by atoms with Crippen LogP contribution in [0.3, 0.4) is 0 Å². The molecule has 3 N–H and O–H groups in total. The molecule has 0 radical (unpaired) electrons. The largest absolute Gasteiger partial charge is 0.480 e. The summed E-state index contributed by atoms with van der Waals surface area (Å²) in [5, 5.41) is 4.13. The number of rotatable bonds is 6. The third-order valence-electron chi connectivity index (χ3n) is 5.38. The van der Waals surface area contributed by atoms with Gasteiger partial charge in [-0.05, 0) is 18.6 Å². The van der Waals surface area contributed by atoms with Gasteiger partial charge in [-0.25, -0.2) is 9.37 Å². The number of hydrogen-bond acceptors (Lipinski definition) is 8. The van der Waals surface area contributed by atoms with Crippen molar-refractivity contribution in [3.8, 4) is 23.0 Å². The Bertz CT molecular complexity index is 1150. The minimum absolute atomic E-state index is 0.0672. The Hall–Kier alpha value is -3.56. The average Bonchev–Trinajstić information content (AvgIpc) is 3.33. The van der Waals surface area contributed by atoms with Crippen molar-refractivity contribution in [3.05, 3.63) is 30.2 Å². The van der Waals surface area contributed by atoms with Crippen molar-refractivity contribution in [1.29, 1.82) is 0 Å². The minimum atomic E-state index is -0.763. The molecule has 30 heavy (non-hydrogen) atoms. The normalized spacial score (nSPS) is 22.1. The number of aryl methyl sites for hydroxylation is 1. The van der Waals surface area contributed by atoms with E-state index in [1.165, 1.54) is 14.2 Å². The predicted molar refractivity (Wildman–Crippen MR) is 109 cm³/mol.